The van der Waals surface area contributed by atoms with Crippen molar-refractivity contribution in [2.45, 2.75) is 38.0 Å². The van der Waals surface area contributed by atoms with Crippen LogP contribution in [-0.2, 0) is 5.41 Å². The quantitative estimate of drug-likeness (QED) is 0.706. The molecular formula is C24H27N. The lowest BCUT2D eigenvalue weighted by molar-refractivity contribution is 0.163. The van der Waals surface area contributed by atoms with Crippen LogP contribution in [0.15, 0.2) is 48.5 Å². The Morgan fingerprint density at radius 2 is 1.76 bits per heavy atom. The van der Waals surface area contributed by atoms with Gasteiger partial charge >= 0.3 is 0 Å². The van der Waals surface area contributed by atoms with Gasteiger partial charge in [-0.1, -0.05) is 49.2 Å². The minimum absolute atomic E-state index is 0.319. The van der Waals surface area contributed by atoms with Crippen LogP contribution < -0.4 is 0 Å². The minimum Gasteiger partial charge on any atom is -0.303 e. The Bertz CT molecular complexity index is 768. The van der Waals surface area contributed by atoms with Gasteiger partial charge in [0.05, 0.1) is 0 Å². The number of terminal acetylenes is 1. The molecule has 4 rings (SSSR count). The predicted molar refractivity (Wildman–Crippen MR) is 106 cm³/mol. The second kappa shape index (κ2) is 6.70. The SMILES string of the molecule is C#Cc1cccc(-c2ccc(C3(C)CCN(CC4CC4)CC3)cc2)c1. The van der Waals surface area contributed by atoms with Crippen LogP contribution >= 0.6 is 0 Å². The number of hydrogen-bond donors (Lipinski definition) is 0. The molecule has 0 radical (unpaired) electrons. The van der Waals surface area contributed by atoms with E-state index in [-0.39, 0.29) is 0 Å². The molecule has 0 atom stereocenters. The summed E-state index contributed by atoms with van der Waals surface area (Å²) in [6.45, 7) is 6.27. The van der Waals surface area contributed by atoms with E-state index in [9.17, 15) is 0 Å². The van der Waals surface area contributed by atoms with E-state index in [4.69, 9.17) is 6.42 Å². The van der Waals surface area contributed by atoms with Gasteiger partial charge < -0.3 is 4.90 Å². The molecule has 2 aromatic carbocycles. The number of nitrogens with zero attached hydrogens (tertiary/aromatic N) is 1. The first-order valence-electron chi connectivity index (χ1n) is 9.56. The lowest BCUT2D eigenvalue weighted by Gasteiger charge is -2.40. The summed E-state index contributed by atoms with van der Waals surface area (Å²) in [5.41, 5.74) is 5.19. The second-order valence-corrected chi connectivity index (χ2v) is 8.11. The summed E-state index contributed by atoms with van der Waals surface area (Å²) < 4.78 is 0. The minimum atomic E-state index is 0.319. The van der Waals surface area contributed by atoms with Crippen molar-refractivity contribution in [3.8, 4) is 23.5 Å². The van der Waals surface area contributed by atoms with E-state index < -0.39 is 0 Å². The van der Waals surface area contributed by atoms with Gasteiger partial charge in [0, 0.05) is 12.1 Å². The van der Waals surface area contributed by atoms with Crippen LogP contribution in [0.4, 0.5) is 0 Å². The third-order valence-electron chi connectivity index (χ3n) is 6.12. The lowest BCUT2D eigenvalue weighted by atomic mass is 9.74. The summed E-state index contributed by atoms with van der Waals surface area (Å²) >= 11 is 0. The smallest absolute Gasteiger partial charge is 0.0248 e. The van der Waals surface area contributed by atoms with Gasteiger partial charge in [0.15, 0.2) is 0 Å². The summed E-state index contributed by atoms with van der Waals surface area (Å²) in [5, 5.41) is 0. The van der Waals surface area contributed by atoms with Gasteiger partial charge in [-0.15, -0.1) is 6.42 Å². The second-order valence-electron chi connectivity index (χ2n) is 8.11. The van der Waals surface area contributed by atoms with E-state index in [1.54, 1.807) is 0 Å². The fourth-order valence-corrected chi connectivity index (χ4v) is 4.04. The number of rotatable bonds is 4. The zero-order valence-corrected chi connectivity index (χ0v) is 15.2. The average Bonchev–Trinajstić information content (AvgIpc) is 3.48. The molecule has 0 amide bonds. The summed E-state index contributed by atoms with van der Waals surface area (Å²) in [5.74, 6) is 3.73. The molecule has 0 spiro atoms. The zero-order chi connectivity index (χ0) is 17.3. The van der Waals surface area contributed by atoms with Gasteiger partial charge in [0.1, 0.15) is 0 Å². The summed E-state index contributed by atoms with van der Waals surface area (Å²) in [7, 11) is 0. The molecule has 2 fully saturated rings. The number of piperidine rings is 1. The highest BCUT2D eigenvalue weighted by molar-refractivity contribution is 5.65. The van der Waals surface area contributed by atoms with E-state index in [1.807, 2.05) is 12.1 Å². The molecule has 1 aliphatic heterocycles. The summed E-state index contributed by atoms with van der Waals surface area (Å²) in [6.07, 6.45) is 11.0. The zero-order valence-electron chi connectivity index (χ0n) is 15.2. The maximum Gasteiger partial charge on any atom is 0.0248 e. The average molecular weight is 329 g/mol. The summed E-state index contributed by atoms with van der Waals surface area (Å²) in [6, 6.07) is 17.4. The highest BCUT2D eigenvalue weighted by Crippen LogP contribution is 2.38. The van der Waals surface area contributed by atoms with Crippen molar-refractivity contribution in [2.24, 2.45) is 5.92 Å². The van der Waals surface area contributed by atoms with Crippen LogP contribution in [0.5, 0.6) is 0 Å². The molecule has 128 valence electrons. The van der Waals surface area contributed by atoms with Crippen LogP contribution in [0.2, 0.25) is 0 Å². The van der Waals surface area contributed by atoms with Gasteiger partial charge in [-0.25, -0.2) is 0 Å². The van der Waals surface area contributed by atoms with Gasteiger partial charge in [0.2, 0.25) is 0 Å². The number of likely N-dealkylation sites (tertiary alicyclic amines) is 1. The Balaban J connectivity index is 1.47. The maximum absolute atomic E-state index is 5.53. The number of hydrogen-bond acceptors (Lipinski definition) is 1. The highest BCUT2D eigenvalue weighted by Gasteiger charge is 2.33. The van der Waals surface area contributed by atoms with Crippen molar-refractivity contribution in [1.82, 2.24) is 4.90 Å². The lowest BCUT2D eigenvalue weighted by Crippen LogP contribution is -2.41. The third-order valence-corrected chi connectivity index (χ3v) is 6.12. The van der Waals surface area contributed by atoms with E-state index in [0.717, 1.165) is 11.5 Å². The first-order valence-corrected chi connectivity index (χ1v) is 9.56. The van der Waals surface area contributed by atoms with Crippen LogP contribution in [0.1, 0.15) is 43.7 Å². The Hall–Kier alpha value is -2.04. The Morgan fingerprint density at radius 1 is 1.04 bits per heavy atom. The Morgan fingerprint density at radius 3 is 2.40 bits per heavy atom. The summed E-state index contributed by atoms with van der Waals surface area (Å²) in [4.78, 5) is 2.68. The van der Waals surface area contributed by atoms with Crippen LogP contribution in [0.3, 0.4) is 0 Å². The molecule has 2 aromatic rings. The topological polar surface area (TPSA) is 3.24 Å². The van der Waals surface area contributed by atoms with Crippen molar-refractivity contribution in [3.05, 3.63) is 59.7 Å². The predicted octanol–water partition coefficient (Wildman–Crippen LogP) is 5.10. The fraction of sp³-hybridized carbons (Fsp3) is 0.417. The molecule has 1 saturated heterocycles. The molecule has 0 bridgehead atoms. The monoisotopic (exact) mass is 329 g/mol. The molecule has 1 heterocycles. The van der Waals surface area contributed by atoms with Gasteiger partial charge in [0.25, 0.3) is 0 Å². The van der Waals surface area contributed by atoms with E-state index in [2.05, 4.69) is 54.1 Å². The molecule has 0 N–H and O–H groups in total. The first kappa shape index (κ1) is 16.4. The van der Waals surface area contributed by atoms with Crippen LogP contribution in [-0.4, -0.2) is 24.5 Å². The molecule has 25 heavy (non-hydrogen) atoms. The van der Waals surface area contributed by atoms with Crippen molar-refractivity contribution in [2.75, 3.05) is 19.6 Å². The standard InChI is InChI=1S/C24H27N/c1-3-19-5-4-6-22(17-19)21-9-11-23(12-10-21)24(2)13-15-25(16-14-24)18-20-7-8-20/h1,4-6,9-12,17,20H,7-8,13-16,18H2,2H3. The van der Waals surface area contributed by atoms with E-state index in [0.29, 0.717) is 5.41 Å². The van der Waals surface area contributed by atoms with Crippen LogP contribution in [0, 0.1) is 18.3 Å². The fourth-order valence-electron chi connectivity index (χ4n) is 4.04. The highest BCUT2D eigenvalue weighted by atomic mass is 15.1. The molecule has 2 aliphatic rings. The molecule has 0 unspecified atom stereocenters. The molecule has 1 nitrogen and oxygen atoms in total. The van der Waals surface area contributed by atoms with Crippen molar-refractivity contribution < 1.29 is 0 Å². The Labute approximate surface area is 152 Å². The molecule has 1 saturated carbocycles. The normalized spacial score (nSPS) is 20.2. The van der Waals surface area contributed by atoms with Crippen molar-refractivity contribution >= 4 is 0 Å². The van der Waals surface area contributed by atoms with E-state index >= 15 is 0 Å². The number of benzene rings is 2. The van der Waals surface area contributed by atoms with Crippen molar-refractivity contribution in [3.63, 3.8) is 0 Å². The molecular weight excluding hydrogens is 302 g/mol. The first-order chi connectivity index (χ1) is 12.2. The van der Waals surface area contributed by atoms with Gasteiger partial charge in [-0.05, 0) is 78.9 Å². The third kappa shape index (κ3) is 3.65. The van der Waals surface area contributed by atoms with Gasteiger partial charge in [-0.2, -0.15) is 0 Å². The van der Waals surface area contributed by atoms with E-state index in [1.165, 1.54) is 62.0 Å². The largest absolute Gasteiger partial charge is 0.303 e. The van der Waals surface area contributed by atoms with Gasteiger partial charge in [-0.3, -0.25) is 0 Å². The maximum atomic E-state index is 5.53. The molecule has 1 heteroatoms. The van der Waals surface area contributed by atoms with Crippen molar-refractivity contribution in [1.29, 1.82) is 0 Å². The molecule has 0 aromatic heterocycles. The molecule has 1 aliphatic carbocycles. The Kier molecular flexibility index (Phi) is 4.40. The van der Waals surface area contributed by atoms with Crippen LogP contribution in [0.25, 0.3) is 11.1 Å².